The molecular weight excluding hydrogens is 412 g/mol. The van der Waals surface area contributed by atoms with Crippen molar-refractivity contribution in [2.24, 2.45) is 11.8 Å². The van der Waals surface area contributed by atoms with Gasteiger partial charge in [0, 0.05) is 19.1 Å². The molecule has 3 aliphatic rings. The zero-order valence-corrected chi connectivity index (χ0v) is 21.6. The smallest absolute Gasteiger partial charge is 0.245 e. The van der Waals surface area contributed by atoms with E-state index in [2.05, 4.69) is 27.4 Å². The first-order valence-electron chi connectivity index (χ1n) is 14.0. The molecule has 190 valence electrons. The summed E-state index contributed by atoms with van der Waals surface area (Å²) in [5.41, 5.74) is 0. The maximum Gasteiger partial charge on any atom is 0.245 e. The number of likely N-dealkylation sites (tertiary alicyclic amines) is 1. The maximum atomic E-state index is 13.8. The van der Waals surface area contributed by atoms with E-state index in [1.165, 1.54) is 57.8 Å². The molecule has 6 nitrogen and oxygen atoms in total. The lowest BCUT2D eigenvalue weighted by Crippen LogP contribution is -2.57. The van der Waals surface area contributed by atoms with Crippen molar-refractivity contribution in [2.45, 2.75) is 115 Å². The lowest BCUT2D eigenvalue weighted by Gasteiger charge is -2.37. The van der Waals surface area contributed by atoms with Crippen molar-refractivity contribution in [1.29, 1.82) is 0 Å². The predicted molar refractivity (Wildman–Crippen MR) is 135 cm³/mol. The molecule has 0 spiro atoms. The number of hydrogen-bond donors (Lipinski definition) is 2. The van der Waals surface area contributed by atoms with Gasteiger partial charge in [-0.15, -0.1) is 0 Å². The molecule has 3 atom stereocenters. The Balaban J connectivity index is 1.61. The Morgan fingerprint density at radius 1 is 0.970 bits per heavy atom. The summed E-state index contributed by atoms with van der Waals surface area (Å²) in [7, 11) is 1.80. The van der Waals surface area contributed by atoms with Crippen molar-refractivity contribution in [1.82, 2.24) is 20.4 Å². The van der Waals surface area contributed by atoms with Crippen LogP contribution in [0.2, 0.25) is 0 Å². The van der Waals surface area contributed by atoms with Crippen molar-refractivity contribution in [3.05, 3.63) is 0 Å². The average molecular weight is 463 g/mol. The van der Waals surface area contributed by atoms with Gasteiger partial charge in [-0.05, 0) is 71.0 Å². The summed E-state index contributed by atoms with van der Waals surface area (Å²) in [6.45, 7) is 8.14. The third-order valence-corrected chi connectivity index (χ3v) is 8.67. The van der Waals surface area contributed by atoms with E-state index in [0.717, 1.165) is 57.8 Å². The van der Waals surface area contributed by atoms with E-state index in [9.17, 15) is 9.59 Å². The maximum absolute atomic E-state index is 13.8. The average Bonchev–Trinajstić information content (AvgIpc) is 3.33. The quantitative estimate of drug-likeness (QED) is 0.488. The van der Waals surface area contributed by atoms with Crippen LogP contribution >= 0.6 is 0 Å². The highest BCUT2D eigenvalue weighted by Crippen LogP contribution is 2.30. The van der Waals surface area contributed by atoms with Gasteiger partial charge in [0.05, 0.1) is 6.04 Å². The highest BCUT2D eigenvalue weighted by atomic mass is 16.2. The molecule has 1 saturated heterocycles. The minimum absolute atomic E-state index is 0.0557. The highest BCUT2D eigenvalue weighted by molar-refractivity contribution is 5.90. The van der Waals surface area contributed by atoms with Gasteiger partial charge >= 0.3 is 0 Å². The fraction of sp³-hybridized carbons (Fsp3) is 0.926. The summed E-state index contributed by atoms with van der Waals surface area (Å²) >= 11 is 0. The van der Waals surface area contributed by atoms with Crippen molar-refractivity contribution in [3.8, 4) is 0 Å². The Bertz CT molecular complexity index is 601. The van der Waals surface area contributed by atoms with E-state index in [1.54, 1.807) is 7.05 Å². The molecular formula is C27H50N4O2. The highest BCUT2D eigenvalue weighted by Gasteiger charge is 2.39. The molecule has 3 rings (SSSR count). The van der Waals surface area contributed by atoms with Crippen LogP contribution in [0.5, 0.6) is 0 Å². The van der Waals surface area contributed by atoms with Crippen molar-refractivity contribution >= 4 is 11.8 Å². The lowest BCUT2D eigenvalue weighted by atomic mass is 9.83. The Morgan fingerprint density at radius 2 is 1.64 bits per heavy atom. The predicted octanol–water partition coefficient (Wildman–Crippen LogP) is 3.94. The Labute approximate surface area is 202 Å². The van der Waals surface area contributed by atoms with Crippen LogP contribution in [0, 0.1) is 11.8 Å². The lowest BCUT2D eigenvalue weighted by molar-refractivity contribution is -0.139. The first-order valence-corrected chi connectivity index (χ1v) is 14.0. The van der Waals surface area contributed by atoms with E-state index in [0.29, 0.717) is 0 Å². The zero-order chi connectivity index (χ0) is 23.6. The van der Waals surface area contributed by atoms with E-state index in [4.69, 9.17) is 0 Å². The SMILES string of the molecule is CCN(CCC1CCCCC1)C[C@@H]1CCCN1C(=O)[C@@H](NC(=O)[C@H](C)NC)C1CCCCC1. The second-order valence-electron chi connectivity index (χ2n) is 10.9. The molecule has 33 heavy (non-hydrogen) atoms. The number of carbonyl (C=O) groups excluding carboxylic acids is 2. The van der Waals surface area contributed by atoms with Gasteiger partial charge in [0.2, 0.25) is 11.8 Å². The normalized spacial score (nSPS) is 24.7. The molecule has 2 saturated carbocycles. The minimum atomic E-state index is -0.369. The number of nitrogens with zero attached hydrogens (tertiary/aromatic N) is 2. The van der Waals surface area contributed by atoms with Gasteiger partial charge in [0.25, 0.3) is 0 Å². The summed E-state index contributed by atoms with van der Waals surface area (Å²) in [5, 5.41) is 6.19. The number of rotatable bonds is 11. The van der Waals surface area contributed by atoms with Crippen LogP contribution in [0.3, 0.4) is 0 Å². The van der Waals surface area contributed by atoms with E-state index in [1.807, 2.05) is 6.92 Å². The molecule has 0 aromatic heterocycles. The van der Waals surface area contributed by atoms with E-state index < -0.39 is 0 Å². The largest absolute Gasteiger partial charge is 0.343 e. The Kier molecular flexibility index (Phi) is 11.0. The third kappa shape index (κ3) is 7.68. The molecule has 0 unspecified atom stereocenters. The van der Waals surface area contributed by atoms with Gasteiger partial charge in [0.1, 0.15) is 6.04 Å². The summed E-state index contributed by atoms with van der Waals surface area (Å²) in [6, 6.07) is -0.367. The molecule has 2 N–H and O–H groups in total. The number of amides is 2. The zero-order valence-electron chi connectivity index (χ0n) is 21.6. The summed E-state index contributed by atoms with van der Waals surface area (Å²) in [4.78, 5) is 31.3. The molecule has 3 fully saturated rings. The molecule has 0 bridgehead atoms. The van der Waals surface area contributed by atoms with Crippen LogP contribution in [0.1, 0.15) is 97.3 Å². The van der Waals surface area contributed by atoms with Crippen LogP contribution in [0.15, 0.2) is 0 Å². The Hall–Kier alpha value is -1.14. The molecule has 2 aliphatic carbocycles. The van der Waals surface area contributed by atoms with Crippen LogP contribution in [-0.4, -0.2) is 73.0 Å². The van der Waals surface area contributed by atoms with Gasteiger partial charge < -0.3 is 20.4 Å². The van der Waals surface area contributed by atoms with E-state index >= 15 is 0 Å². The molecule has 1 heterocycles. The van der Waals surface area contributed by atoms with Crippen LogP contribution in [0.4, 0.5) is 0 Å². The summed E-state index contributed by atoms with van der Waals surface area (Å²) in [6.07, 6.45) is 16.2. The van der Waals surface area contributed by atoms with Crippen molar-refractivity contribution in [2.75, 3.05) is 33.2 Å². The van der Waals surface area contributed by atoms with E-state index in [-0.39, 0.29) is 35.9 Å². The number of likely N-dealkylation sites (N-methyl/N-ethyl adjacent to an activating group) is 2. The van der Waals surface area contributed by atoms with Gasteiger partial charge in [0.15, 0.2) is 0 Å². The molecule has 1 aliphatic heterocycles. The standard InChI is InChI=1S/C27H50N4O2/c1-4-30(19-17-22-12-7-5-8-13-22)20-24-16-11-18-31(24)27(33)25(23-14-9-6-10-15-23)29-26(32)21(2)28-3/h21-25,28H,4-20H2,1-3H3,(H,29,32)/t21-,24-,25-/m0/s1. The Morgan fingerprint density at radius 3 is 2.27 bits per heavy atom. The van der Waals surface area contributed by atoms with Gasteiger partial charge in [-0.2, -0.15) is 0 Å². The van der Waals surface area contributed by atoms with Gasteiger partial charge in [-0.3, -0.25) is 9.59 Å². The molecule has 0 radical (unpaired) electrons. The molecule has 0 aromatic rings. The summed E-state index contributed by atoms with van der Waals surface area (Å²) < 4.78 is 0. The van der Waals surface area contributed by atoms with Gasteiger partial charge in [-0.25, -0.2) is 0 Å². The molecule has 6 heteroatoms. The molecule has 2 amide bonds. The summed E-state index contributed by atoms with van der Waals surface area (Å²) in [5.74, 6) is 1.28. The van der Waals surface area contributed by atoms with Crippen LogP contribution in [-0.2, 0) is 9.59 Å². The van der Waals surface area contributed by atoms with Crippen LogP contribution < -0.4 is 10.6 Å². The fourth-order valence-corrected chi connectivity index (χ4v) is 6.27. The number of carbonyl (C=O) groups is 2. The second-order valence-corrected chi connectivity index (χ2v) is 10.9. The second kappa shape index (κ2) is 13.7. The minimum Gasteiger partial charge on any atom is -0.343 e. The number of nitrogens with one attached hydrogen (secondary N) is 2. The monoisotopic (exact) mass is 462 g/mol. The van der Waals surface area contributed by atoms with Crippen molar-refractivity contribution < 1.29 is 9.59 Å². The fourth-order valence-electron chi connectivity index (χ4n) is 6.27. The third-order valence-electron chi connectivity index (χ3n) is 8.67. The number of hydrogen-bond acceptors (Lipinski definition) is 4. The molecule has 0 aromatic carbocycles. The first kappa shape index (κ1) is 26.5. The topological polar surface area (TPSA) is 64.7 Å². The van der Waals surface area contributed by atoms with Crippen LogP contribution in [0.25, 0.3) is 0 Å². The van der Waals surface area contributed by atoms with Gasteiger partial charge in [-0.1, -0.05) is 58.3 Å². The van der Waals surface area contributed by atoms with Crippen molar-refractivity contribution in [3.63, 3.8) is 0 Å². The first-order chi connectivity index (χ1) is 16.0.